The van der Waals surface area contributed by atoms with E-state index in [-0.39, 0.29) is 30.6 Å². The van der Waals surface area contributed by atoms with Crippen LogP contribution in [0.25, 0.3) is 0 Å². The molecular weight excluding hydrogens is 286 g/mol. The third kappa shape index (κ3) is 3.59. The van der Waals surface area contributed by atoms with Crippen LogP contribution in [0.5, 0.6) is 0 Å². The minimum atomic E-state index is -0.385. The number of fused-ring (bicyclic) bond motifs is 2. The molecule has 4 nitrogen and oxygen atoms in total. The van der Waals surface area contributed by atoms with E-state index in [0.717, 1.165) is 29.9 Å². The first-order valence-corrected chi connectivity index (χ1v) is 8.46. The Bertz CT molecular complexity index is 504. The maximum atomic E-state index is 12.0. The van der Waals surface area contributed by atoms with Gasteiger partial charge in [-0.1, -0.05) is 30.3 Å². The Morgan fingerprint density at radius 1 is 1.19 bits per heavy atom. The number of thioether (sulfide) groups is 1. The number of Topliss-reactive ketones (excluding diaryl/α,β-unsaturated/α-hetero) is 1. The summed E-state index contributed by atoms with van der Waals surface area (Å²) in [5.41, 5.74) is 0.972. The standard InChI is InChI=1S/C16H19NO3S/c18-15-12-6-14(7-13(15)10-21-9-12)17-16(19)20-8-11-4-2-1-3-5-11/h1-5,12-14H,6-10H2,(H,17,19)/t12-,13+,14-. The summed E-state index contributed by atoms with van der Waals surface area (Å²) in [6.07, 6.45) is 1.12. The number of hydrogen-bond acceptors (Lipinski definition) is 4. The van der Waals surface area contributed by atoms with E-state index in [1.165, 1.54) is 0 Å². The monoisotopic (exact) mass is 305 g/mol. The van der Waals surface area contributed by atoms with Crippen molar-refractivity contribution >= 4 is 23.6 Å². The van der Waals surface area contributed by atoms with Crippen molar-refractivity contribution in [3.8, 4) is 0 Å². The highest BCUT2D eigenvalue weighted by Crippen LogP contribution is 2.35. The Kier molecular flexibility index (Phi) is 4.48. The Hall–Kier alpha value is -1.49. The third-order valence-corrected chi connectivity index (χ3v) is 5.39. The Balaban J connectivity index is 1.48. The van der Waals surface area contributed by atoms with Gasteiger partial charge in [0.2, 0.25) is 0 Å². The van der Waals surface area contributed by atoms with Crippen molar-refractivity contribution in [2.75, 3.05) is 11.5 Å². The smallest absolute Gasteiger partial charge is 0.407 e. The molecule has 2 aliphatic rings. The van der Waals surface area contributed by atoms with Crippen molar-refractivity contribution in [1.29, 1.82) is 0 Å². The van der Waals surface area contributed by atoms with Crippen molar-refractivity contribution in [2.24, 2.45) is 11.8 Å². The van der Waals surface area contributed by atoms with Crippen molar-refractivity contribution in [1.82, 2.24) is 5.32 Å². The van der Waals surface area contributed by atoms with Crippen LogP contribution in [0.1, 0.15) is 18.4 Å². The molecule has 5 heteroatoms. The summed E-state index contributed by atoms with van der Waals surface area (Å²) >= 11 is 1.85. The zero-order chi connectivity index (χ0) is 14.7. The molecule has 0 aromatic heterocycles. The zero-order valence-electron chi connectivity index (χ0n) is 11.8. The van der Waals surface area contributed by atoms with Crippen LogP contribution in [0.2, 0.25) is 0 Å². The van der Waals surface area contributed by atoms with Gasteiger partial charge in [-0.05, 0) is 18.4 Å². The van der Waals surface area contributed by atoms with Crippen molar-refractivity contribution in [3.05, 3.63) is 35.9 Å². The van der Waals surface area contributed by atoms with Gasteiger partial charge in [-0.2, -0.15) is 11.8 Å². The molecule has 1 aliphatic carbocycles. The van der Waals surface area contributed by atoms with Crippen LogP contribution < -0.4 is 5.32 Å². The molecule has 0 unspecified atom stereocenters. The van der Waals surface area contributed by atoms with Crippen LogP contribution in [-0.4, -0.2) is 29.4 Å². The molecule has 2 bridgehead atoms. The number of ether oxygens (including phenoxy) is 1. The lowest BCUT2D eigenvalue weighted by atomic mass is 9.78. The fraction of sp³-hybridized carbons (Fsp3) is 0.500. The summed E-state index contributed by atoms with van der Waals surface area (Å²) in [6.45, 7) is 0.279. The molecule has 1 N–H and O–H groups in total. The summed E-state index contributed by atoms with van der Waals surface area (Å²) in [5.74, 6) is 2.41. The van der Waals surface area contributed by atoms with Gasteiger partial charge in [0.05, 0.1) is 0 Å². The molecule has 1 aromatic rings. The average molecular weight is 305 g/mol. The normalized spacial score (nSPS) is 28.0. The van der Waals surface area contributed by atoms with Crippen LogP contribution in [0, 0.1) is 11.8 Å². The van der Waals surface area contributed by atoms with Gasteiger partial charge in [-0.3, -0.25) is 4.79 Å². The number of carbonyl (C=O) groups excluding carboxylic acids is 2. The van der Waals surface area contributed by atoms with Crippen LogP contribution in [0.3, 0.4) is 0 Å². The molecule has 1 aromatic carbocycles. The number of amides is 1. The second-order valence-corrected chi connectivity index (χ2v) is 6.78. The zero-order valence-corrected chi connectivity index (χ0v) is 12.6. The van der Waals surface area contributed by atoms with Crippen LogP contribution in [0.4, 0.5) is 4.79 Å². The molecule has 1 saturated carbocycles. The highest BCUT2D eigenvalue weighted by atomic mass is 32.2. The Labute approximate surface area is 128 Å². The average Bonchev–Trinajstić information content (AvgIpc) is 2.47. The number of carbonyl (C=O) groups is 2. The molecule has 2 fully saturated rings. The van der Waals surface area contributed by atoms with E-state index < -0.39 is 0 Å². The van der Waals surface area contributed by atoms with Crippen LogP contribution in [0.15, 0.2) is 30.3 Å². The van der Waals surface area contributed by atoms with Gasteiger partial charge in [0.1, 0.15) is 12.4 Å². The maximum absolute atomic E-state index is 12.0. The number of benzene rings is 1. The third-order valence-electron chi connectivity index (χ3n) is 4.12. The number of nitrogens with one attached hydrogen (secondary N) is 1. The largest absolute Gasteiger partial charge is 0.445 e. The minimum absolute atomic E-state index is 0.0712. The molecular formula is C16H19NO3S. The lowest BCUT2D eigenvalue weighted by Gasteiger charge is -2.37. The highest BCUT2D eigenvalue weighted by molar-refractivity contribution is 7.99. The topological polar surface area (TPSA) is 55.4 Å². The summed E-state index contributed by atoms with van der Waals surface area (Å²) < 4.78 is 5.24. The number of alkyl carbamates (subject to hydrolysis) is 1. The first kappa shape index (κ1) is 14.4. The van der Waals surface area contributed by atoms with E-state index in [9.17, 15) is 9.59 Å². The molecule has 0 spiro atoms. The van der Waals surface area contributed by atoms with Gasteiger partial charge < -0.3 is 10.1 Å². The van der Waals surface area contributed by atoms with Gasteiger partial charge in [0, 0.05) is 29.4 Å². The second-order valence-electron chi connectivity index (χ2n) is 5.71. The molecule has 3 atom stereocenters. The predicted molar refractivity (Wildman–Crippen MR) is 82.1 cm³/mol. The van der Waals surface area contributed by atoms with Gasteiger partial charge in [0.25, 0.3) is 0 Å². The van der Waals surface area contributed by atoms with Gasteiger partial charge >= 0.3 is 6.09 Å². The minimum Gasteiger partial charge on any atom is -0.445 e. The van der Waals surface area contributed by atoms with Crippen molar-refractivity contribution < 1.29 is 14.3 Å². The first-order valence-electron chi connectivity index (χ1n) is 7.31. The lowest BCUT2D eigenvalue weighted by molar-refractivity contribution is -0.128. The molecule has 1 aliphatic heterocycles. The second kappa shape index (κ2) is 6.52. The van der Waals surface area contributed by atoms with E-state index in [1.54, 1.807) is 0 Å². The quantitative estimate of drug-likeness (QED) is 0.932. The molecule has 1 amide bonds. The van der Waals surface area contributed by atoms with Gasteiger partial charge in [-0.15, -0.1) is 0 Å². The molecule has 0 radical (unpaired) electrons. The summed E-state index contributed by atoms with van der Waals surface area (Å²) in [4.78, 5) is 23.9. The Morgan fingerprint density at radius 2 is 1.86 bits per heavy atom. The van der Waals surface area contributed by atoms with E-state index in [1.807, 2.05) is 42.1 Å². The van der Waals surface area contributed by atoms with E-state index >= 15 is 0 Å². The fourth-order valence-corrected chi connectivity index (χ4v) is 4.36. The van der Waals surface area contributed by atoms with Crippen molar-refractivity contribution in [2.45, 2.75) is 25.5 Å². The van der Waals surface area contributed by atoms with E-state index in [4.69, 9.17) is 4.74 Å². The number of hydrogen-bond donors (Lipinski definition) is 1. The molecule has 3 rings (SSSR count). The van der Waals surface area contributed by atoms with E-state index in [0.29, 0.717) is 5.78 Å². The highest BCUT2D eigenvalue weighted by Gasteiger charge is 2.39. The SMILES string of the molecule is O=C(N[C@H]1C[C@H]2CSC[C@@H](C1)C2=O)OCc1ccccc1. The summed E-state index contributed by atoms with van der Waals surface area (Å²) in [6, 6.07) is 9.69. The predicted octanol–water partition coefficient (Wildman–Crippen LogP) is 2.62. The van der Waals surface area contributed by atoms with Crippen molar-refractivity contribution in [3.63, 3.8) is 0 Å². The van der Waals surface area contributed by atoms with Gasteiger partial charge in [0.15, 0.2) is 0 Å². The first-order chi connectivity index (χ1) is 10.2. The lowest BCUT2D eigenvalue weighted by Crippen LogP contribution is -2.48. The van der Waals surface area contributed by atoms with Crippen LogP contribution in [-0.2, 0) is 16.1 Å². The Morgan fingerprint density at radius 3 is 2.52 bits per heavy atom. The number of rotatable bonds is 3. The molecule has 21 heavy (non-hydrogen) atoms. The summed E-state index contributed by atoms with van der Waals surface area (Å²) in [7, 11) is 0. The molecule has 1 heterocycles. The fourth-order valence-electron chi connectivity index (χ4n) is 3.05. The molecule has 1 saturated heterocycles. The number of ketones is 1. The van der Waals surface area contributed by atoms with Crippen LogP contribution >= 0.6 is 11.8 Å². The molecule has 112 valence electrons. The summed E-state index contributed by atoms with van der Waals surface area (Å²) in [5, 5.41) is 2.92. The van der Waals surface area contributed by atoms with E-state index in [2.05, 4.69) is 5.32 Å². The van der Waals surface area contributed by atoms with Gasteiger partial charge in [-0.25, -0.2) is 4.79 Å². The maximum Gasteiger partial charge on any atom is 0.407 e.